The average molecular weight is 394 g/mol. The molecular formula is C14H23IO3Si. The van der Waals surface area contributed by atoms with Crippen LogP contribution in [0, 0.1) is 0 Å². The van der Waals surface area contributed by atoms with Gasteiger partial charge in [-0.2, -0.15) is 0 Å². The van der Waals surface area contributed by atoms with E-state index in [9.17, 15) is 0 Å². The van der Waals surface area contributed by atoms with E-state index < -0.39 is 8.80 Å². The van der Waals surface area contributed by atoms with Crippen LogP contribution in [-0.2, 0) is 23.7 Å². The van der Waals surface area contributed by atoms with Gasteiger partial charge in [0.25, 0.3) is 0 Å². The highest BCUT2D eigenvalue weighted by Crippen LogP contribution is 2.18. The molecule has 3 nitrogen and oxygen atoms in total. The Labute approximate surface area is 131 Å². The molecule has 0 radical (unpaired) electrons. The highest BCUT2D eigenvalue weighted by Gasteiger charge is 2.40. The lowest BCUT2D eigenvalue weighted by molar-refractivity contribution is 0.0704. The second kappa shape index (κ2) is 9.07. The van der Waals surface area contributed by atoms with Crippen molar-refractivity contribution in [3.63, 3.8) is 0 Å². The van der Waals surface area contributed by atoms with Gasteiger partial charge in [0.05, 0.1) is 0 Å². The predicted octanol–water partition coefficient (Wildman–Crippen LogP) is 3.75. The number of hydrogen-bond donors (Lipinski definition) is 0. The third-order valence-electron chi connectivity index (χ3n) is 2.69. The van der Waals surface area contributed by atoms with E-state index in [0.29, 0.717) is 19.8 Å². The van der Waals surface area contributed by atoms with Crippen LogP contribution in [0.1, 0.15) is 31.9 Å². The molecule has 19 heavy (non-hydrogen) atoms. The highest BCUT2D eigenvalue weighted by molar-refractivity contribution is 14.1. The fourth-order valence-corrected chi connectivity index (χ4v) is 5.05. The van der Waals surface area contributed by atoms with Crippen LogP contribution in [-0.4, -0.2) is 28.6 Å². The summed E-state index contributed by atoms with van der Waals surface area (Å²) < 4.78 is 18.6. The van der Waals surface area contributed by atoms with E-state index in [-0.39, 0.29) is 0 Å². The summed E-state index contributed by atoms with van der Waals surface area (Å²) in [6.45, 7) is 7.82. The van der Waals surface area contributed by atoms with Crippen LogP contribution < -0.4 is 0 Å². The van der Waals surface area contributed by atoms with Gasteiger partial charge in [-0.1, -0.05) is 46.9 Å². The second-order valence-electron chi connectivity index (χ2n) is 4.11. The molecule has 0 aliphatic carbocycles. The molecule has 0 bridgehead atoms. The van der Waals surface area contributed by atoms with Crippen molar-refractivity contribution in [3.8, 4) is 0 Å². The van der Waals surface area contributed by atoms with E-state index in [1.54, 1.807) is 0 Å². The molecule has 0 N–H and O–H groups in total. The van der Waals surface area contributed by atoms with Gasteiger partial charge in [0, 0.05) is 30.3 Å². The van der Waals surface area contributed by atoms with Gasteiger partial charge in [-0.25, -0.2) is 0 Å². The monoisotopic (exact) mass is 394 g/mol. The highest BCUT2D eigenvalue weighted by atomic mass is 127. The molecule has 0 heterocycles. The molecule has 1 rings (SSSR count). The van der Waals surface area contributed by atoms with Gasteiger partial charge >= 0.3 is 8.80 Å². The minimum atomic E-state index is -2.57. The quantitative estimate of drug-likeness (QED) is 0.363. The van der Waals surface area contributed by atoms with E-state index in [1.165, 1.54) is 11.1 Å². The summed E-state index contributed by atoms with van der Waals surface area (Å²) in [4.78, 5) is 0. The third kappa shape index (κ3) is 5.51. The molecule has 5 heteroatoms. The largest absolute Gasteiger partial charge is 0.505 e. The number of rotatable bonds is 9. The molecule has 0 fully saturated rings. The Morgan fingerprint density at radius 3 is 1.63 bits per heavy atom. The first-order valence-corrected chi connectivity index (χ1v) is 10.2. The number of hydrogen-bond acceptors (Lipinski definition) is 3. The van der Waals surface area contributed by atoms with Crippen LogP contribution in [0.5, 0.6) is 0 Å². The third-order valence-corrected chi connectivity index (χ3v) is 6.60. The van der Waals surface area contributed by atoms with E-state index in [2.05, 4.69) is 46.9 Å². The molecule has 0 atom stereocenters. The van der Waals surface area contributed by atoms with E-state index in [4.69, 9.17) is 13.3 Å². The zero-order chi connectivity index (χ0) is 14.1. The van der Waals surface area contributed by atoms with Crippen molar-refractivity contribution in [2.24, 2.45) is 0 Å². The van der Waals surface area contributed by atoms with Crippen molar-refractivity contribution >= 4 is 31.4 Å². The van der Waals surface area contributed by atoms with Crippen molar-refractivity contribution in [1.82, 2.24) is 0 Å². The summed E-state index contributed by atoms with van der Waals surface area (Å²) >= 11 is 2.37. The van der Waals surface area contributed by atoms with E-state index >= 15 is 0 Å². The van der Waals surface area contributed by atoms with Gasteiger partial charge < -0.3 is 13.3 Å². The fourth-order valence-electron chi connectivity index (χ4n) is 1.93. The Morgan fingerprint density at radius 1 is 0.842 bits per heavy atom. The van der Waals surface area contributed by atoms with Crippen molar-refractivity contribution < 1.29 is 13.3 Å². The van der Waals surface area contributed by atoms with Gasteiger partial charge in [-0.05, 0) is 31.9 Å². The molecule has 108 valence electrons. The molecule has 0 aromatic heterocycles. The maximum atomic E-state index is 5.86. The number of alkyl halides is 1. The Balaban J connectivity index is 2.84. The maximum absolute atomic E-state index is 5.86. The maximum Gasteiger partial charge on any atom is 0.505 e. The molecule has 0 unspecified atom stereocenters. The van der Waals surface area contributed by atoms with Crippen LogP contribution in [0.3, 0.4) is 0 Å². The first-order valence-electron chi connectivity index (χ1n) is 6.75. The molecule has 1 aromatic carbocycles. The molecule has 0 saturated heterocycles. The topological polar surface area (TPSA) is 27.7 Å². The Hall–Kier alpha value is 0.0469. The predicted molar refractivity (Wildman–Crippen MR) is 88.5 cm³/mol. The summed E-state index contributed by atoms with van der Waals surface area (Å²) in [7, 11) is -2.57. The van der Waals surface area contributed by atoms with Crippen LogP contribution in [0.4, 0.5) is 0 Å². The Bertz CT molecular complexity index is 339. The van der Waals surface area contributed by atoms with Gasteiger partial charge in [0.15, 0.2) is 0 Å². The molecule has 0 amide bonds. The van der Waals surface area contributed by atoms with E-state index in [0.717, 1.165) is 10.5 Å². The van der Waals surface area contributed by atoms with Crippen LogP contribution in [0.2, 0.25) is 0 Å². The van der Waals surface area contributed by atoms with Gasteiger partial charge in [-0.15, -0.1) is 0 Å². The lowest BCUT2D eigenvalue weighted by atomic mass is 10.2. The normalized spacial score (nSPS) is 11.8. The minimum absolute atomic E-state index is 0.623. The van der Waals surface area contributed by atoms with Crippen LogP contribution >= 0.6 is 22.6 Å². The van der Waals surface area contributed by atoms with E-state index in [1.807, 2.05) is 20.8 Å². The van der Waals surface area contributed by atoms with Gasteiger partial charge in [-0.3, -0.25) is 0 Å². The van der Waals surface area contributed by atoms with Crippen LogP contribution in [0.25, 0.3) is 0 Å². The molecular weight excluding hydrogens is 371 g/mol. The standard InChI is InChI=1S/C14H23IO3Si/c1-4-16-19(17-5-2,18-6-3)12-14-9-7-13(11-15)8-10-14/h7-10H,4-6,11-12H2,1-3H3. The smallest absolute Gasteiger partial charge is 0.374 e. The first kappa shape index (κ1) is 17.1. The fraction of sp³-hybridized carbons (Fsp3) is 0.571. The molecule has 1 aromatic rings. The number of halogens is 1. The van der Waals surface area contributed by atoms with Crippen molar-refractivity contribution in [1.29, 1.82) is 0 Å². The zero-order valence-electron chi connectivity index (χ0n) is 11.9. The number of benzene rings is 1. The Morgan fingerprint density at radius 2 is 1.26 bits per heavy atom. The lowest BCUT2D eigenvalue weighted by Gasteiger charge is -2.28. The SMILES string of the molecule is CCO[Si](Cc1ccc(CI)cc1)(OCC)OCC. The van der Waals surface area contributed by atoms with Crippen molar-refractivity contribution in [3.05, 3.63) is 35.4 Å². The summed E-state index contributed by atoms with van der Waals surface area (Å²) in [5.41, 5.74) is 2.55. The van der Waals surface area contributed by atoms with Crippen molar-refractivity contribution in [2.45, 2.75) is 31.2 Å². The molecule has 0 spiro atoms. The summed E-state index contributed by atoms with van der Waals surface area (Å²) in [6.07, 6.45) is 0. The minimum Gasteiger partial charge on any atom is -0.374 e. The van der Waals surface area contributed by atoms with Crippen LogP contribution in [0.15, 0.2) is 24.3 Å². The van der Waals surface area contributed by atoms with Crippen molar-refractivity contribution in [2.75, 3.05) is 19.8 Å². The summed E-state index contributed by atoms with van der Waals surface area (Å²) in [5, 5.41) is 0. The lowest BCUT2D eigenvalue weighted by Crippen LogP contribution is -2.48. The first-order chi connectivity index (χ1) is 9.19. The second-order valence-corrected chi connectivity index (χ2v) is 7.46. The summed E-state index contributed by atoms with van der Waals surface area (Å²) in [5.74, 6) is 0. The average Bonchev–Trinajstić information content (AvgIpc) is 2.40. The zero-order valence-corrected chi connectivity index (χ0v) is 15.1. The molecule has 0 aliphatic rings. The Kier molecular flexibility index (Phi) is 8.16. The van der Waals surface area contributed by atoms with Gasteiger partial charge in [0.1, 0.15) is 0 Å². The van der Waals surface area contributed by atoms with Gasteiger partial charge in [0.2, 0.25) is 0 Å². The molecule has 0 saturated carbocycles. The summed E-state index contributed by atoms with van der Waals surface area (Å²) in [6, 6.07) is 9.35. The molecule has 0 aliphatic heterocycles.